The normalized spacial score (nSPS) is 18.3. The maximum Gasteiger partial charge on any atom is 0.325 e. The van der Waals surface area contributed by atoms with Gasteiger partial charge in [0.25, 0.3) is 0 Å². The summed E-state index contributed by atoms with van der Waals surface area (Å²) >= 11 is 5.63. The van der Waals surface area contributed by atoms with E-state index in [1.165, 1.54) is 0 Å². The molecule has 1 fully saturated rings. The molecule has 6 nitrogen and oxygen atoms in total. The number of nitrogens with one attached hydrogen (secondary N) is 1. The van der Waals surface area contributed by atoms with Gasteiger partial charge in [0.2, 0.25) is 0 Å². The van der Waals surface area contributed by atoms with Crippen molar-refractivity contribution in [2.75, 3.05) is 13.2 Å². The van der Waals surface area contributed by atoms with E-state index in [1.807, 2.05) is 41.3 Å². The van der Waals surface area contributed by atoms with Crippen LogP contribution in [0.5, 0.6) is 0 Å². The molecule has 0 saturated carbocycles. The van der Waals surface area contributed by atoms with Crippen LogP contribution in [0.4, 0.5) is 0 Å². The van der Waals surface area contributed by atoms with Crippen molar-refractivity contribution in [2.24, 2.45) is 0 Å². The molecular weight excluding hydrogens is 396 g/mol. The predicted molar refractivity (Wildman–Crippen MR) is 119 cm³/mol. The molecule has 154 valence electrons. The SMILES string of the molecule is CCOC(=O)CN1C(=S)N[C@H](c2ccccn2)[C@@H]1c1ccc(C)n1-c1ccccc1. The van der Waals surface area contributed by atoms with Crippen LogP contribution in [0.25, 0.3) is 5.69 Å². The topological polar surface area (TPSA) is 59.4 Å². The van der Waals surface area contributed by atoms with E-state index >= 15 is 0 Å². The van der Waals surface area contributed by atoms with Crippen LogP contribution in [0.3, 0.4) is 0 Å². The van der Waals surface area contributed by atoms with Gasteiger partial charge in [-0.1, -0.05) is 24.3 Å². The number of carbonyl (C=O) groups is 1. The summed E-state index contributed by atoms with van der Waals surface area (Å²) in [6.45, 7) is 4.28. The zero-order valence-corrected chi connectivity index (χ0v) is 17.8. The zero-order chi connectivity index (χ0) is 21.1. The van der Waals surface area contributed by atoms with Gasteiger partial charge in [-0.05, 0) is 62.5 Å². The largest absolute Gasteiger partial charge is 0.465 e. The number of aromatic nitrogens is 2. The molecule has 0 unspecified atom stereocenters. The van der Waals surface area contributed by atoms with Crippen LogP contribution in [-0.4, -0.2) is 38.7 Å². The first kappa shape index (κ1) is 20.1. The van der Waals surface area contributed by atoms with Gasteiger partial charge in [-0.15, -0.1) is 0 Å². The number of hydrogen-bond acceptors (Lipinski definition) is 4. The third-order valence-electron chi connectivity index (χ3n) is 5.23. The molecule has 3 aromatic rings. The molecule has 0 spiro atoms. The van der Waals surface area contributed by atoms with E-state index in [-0.39, 0.29) is 24.6 Å². The average molecular weight is 421 g/mol. The highest BCUT2D eigenvalue weighted by molar-refractivity contribution is 7.80. The Kier molecular flexibility index (Phi) is 5.81. The number of para-hydroxylation sites is 1. The lowest BCUT2D eigenvalue weighted by molar-refractivity contribution is -0.143. The van der Waals surface area contributed by atoms with Crippen molar-refractivity contribution in [1.29, 1.82) is 0 Å². The Hall–Kier alpha value is -3.19. The number of carbonyl (C=O) groups excluding carboxylic acids is 1. The minimum absolute atomic E-state index is 0.0761. The fourth-order valence-corrected chi connectivity index (χ4v) is 4.27. The minimum atomic E-state index is -0.303. The van der Waals surface area contributed by atoms with Crippen molar-refractivity contribution in [3.05, 3.63) is 83.9 Å². The number of benzene rings is 1. The number of esters is 1. The van der Waals surface area contributed by atoms with E-state index in [2.05, 4.69) is 46.1 Å². The summed E-state index contributed by atoms with van der Waals surface area (Å²) in [5.41, 5.74) is 4.06. The molecule has 1 aliphatic heterocycles. The van der Waals surface area contributed by atoms with Crippen LogP contribution < -0.4 is 5.32 Å². The average Bonchev–Trinajstić information content (AvgIpc) is 3.29. The smallest absolute Gasteiger partial charge is 0.325 e. The Morgan fingerprint density at radius 3 is 2.60 bits per heavy atom. The summed E-state index contributed by atoms with van der Waals surface area (Å²) < 4.78 is 7.41. The molecule has 1 aliphatic rings. The molecule has 2 aromatic heterocycles. The highest BCUT2D eigenvalue weighted by atomic mass is 32.1. The first-order chi connectivity index (χ1) is 14.6. The van der Waals surface area contributed by atoms with Crippen LogP contribution in [0.2, 0.25) is 0 Å². The van der Waals surface area contributed by atoms with Crippen LogP contribution in [0.15, 0.2) is 66.9 Å². The minimum Gasteiger partial charge on any atom is -0.465 e. The van der Waals surface area contributed by atoms with Gasteiger partial charge in [0.1, 0.15) is 6.54 Å². The second-order valence-corrected chi connectivity index (χ2v) is 7.52. The van der Waals surface area contributed by atoms with E-state index < -0.39 is 0 Å². The molecule has 30 heavy (non-hydrogen) atoms. The second-order valence-electron chi connectivity index (χ2n) is 7.13. The molecule has 0 aliphatic carbocycles. The fraction of sp³-hybridized carbons (Fsp3) is 0.261. The molecule has 0 radical (unpaired) electrons. The Labute approximate surface area is 181 Å². The first-order valence-electron chi connectivity index (χ1n) is 9.97. The lowest BCUT2D eigenvalue weighted by atomic mass is 10.0. The highest BCUT2D eigenvalue weighted by Gasteiger charge is 2.42. The Morgan fingerprint density at radius 1 is 1.13 bits per heavy atom. The number of aryl methyl sites for hydroxylation is 1. The van der Waals surface area contributed by atoms with E-state index in [0.29, 0.717) is 11.7 Å². The van der Waals surface area contributed by atoms with Crippen molar-refractivity contribution in [2.45, 2.75) is 25.9 Å². The van der Waals surface area contributed by atoms with Gasteiger partial charge in [-0.25, -0.2) is 0 Å². The van der Waals surface area contributed by atoms with Crippen LogP contribution in [-0.2, 0) is 9.53 Å². The van der Waals surface area contributed by atoms with Gasteiger partial charge in [0, 0.05) is 23.3 Å². The van der Waals surface area contributed by atoms with Crippen LogP contribution >= 0.6 is 12.2 Å². The predicted octanol–water partition coefficient (Wildman–Crippen LogP) is 3.72. The van der Waals surface area contributed by atoms with Crippen LogP contribution in [0, 0.1) is 6.92 Å². The van der Waals surface area contributed by atoms with Gasteiger partial charge in [0.15, 0.2) is 5.11 Å². The molecule has 3 heterocycles. The number of nitrogens with zero attached hydrogens (tertiary/aromatic N) is 3. The van der Waals surface area contributed by atoms with Crippen molar-refractivity contribution in [3.8, 4) is 5.69 Å². The van der Waals surface area contributed by atoms with Crippen molar-refractivity contribution in [3.63, 3.8) is 0 Å². The summed E-state index contributed by atoms with van der Waals surface area (Å²) in [4.78, 5) is 18.8. The third kappa shape index (κ3) is 3.80. The maximum absolute atomic E-state index is 12.4. The summed E-state index contributed by atoms with van der Waals surface area (Å²) in [6.07, 6.45) is 1.77. The van der Waals surface area contributed by atoms with Crippen molar-refractivity contribution < 1.29 is 9.53 Å². The molecule has 7 heteroatoms. The maximum atomic E-state index is 12.4. The Morgan fingerprint density at radius 2 is 1.90 bits per heavy atom. The monoisotopic (exact) mass is 420 g/mol. The molecule has 1 saturated heterocycles. The fourth-order valence-electron chi connectivity index (χ4n) is 3.96. The lowest BCUT2D eigenvalue weighted by Gasteiger charge is -2.28. The van der Waals surface area contributed by atoms with E-state index in [4.69, 9.17) is 17.0 Å². The molecule has 4 rings (SSSR count). The zero-order valence-electron chi connectivity index (χ0n) is 17.0. The second kappa shape index (κ2) is 8.67. The highest BCUT2D eigenvalue weighted by Crippen LogP contribution is 2.40. The Balaban J connectivity index is 1.82. The molecule has 0 bridgehead atoms. The van der Waals surface area contributed by atoms with Crippen LogP contribution in [0.1, 0.15) is 36.1 Å². The quantitative estimate of drug-likeness (QED) is 0.485. The van der Waals surface area contributed by atoms with Gasteiger partial charge < -0.3 is 19.5 Å². The van der Waals surface area contributed by atoms with Gasteiger partial charge in [-0.2, -0.15) is 0 Å². The molecule has 0 amide bonds. The number of thiocarbonyl (C=S) groups is 1. The summed E-state index contributed by atoms with van der Waals surface area (Å²) in [5.74, 6) is -0.303. The third-order valence-corrected chi connectivity index (χ3v) is 5.58. The van der Waals surface area contributed by atoms with Gasteiger partial charge >= 0.3 is 5.97 Å². The van der Waals surface area contributed by atoms with E-state index in [9.17, 15) is 4.79 Å². The summed E-state index contributed by atoms with van der Waals surface area (Å²) in [7, 11) is 0. The number of ether oxygens (including phenoxy) is 1. The molecule has 2 atom stereocenters. The number of hydrogen-bond donors (Lipinski definition) is 1. The molecule has 1 aromatic carbocycles. The van der Waals surface area contributed by atoms with Crippen molar-refractivity contribution >= 4 is 23.3 Å². The first-order valence-corrected chi connectivity index (χ1v) is 10.4. The van der Waals surface area contributed by atoms with E-state index in [0.717, 1.165) is 22.8 Å². The van der Waals surface area contributed by atoms with Gasteiger partial charge in [0.05, 0.1) is 24.4 Å². The summed E-state index contributed by atoms with van der Waals surface area (Å²) in [6, 6.07) is 19.8. The van der Waals surface area contributed by atoms with Crippen molar-refractivity contribution in [1.82, 2.24) is 19.8 Å². The summed E-state index contributed by atoms with van der Waals surface area (Å²) in [5, 5.41) is 3.89. The van der Waals surface area contributed by atoms with E-state index in [1.54, 1.807) is 13.1 Å². The molecular formula is C23H24N4O2S. The number of pyridine rings is 1. The Bertz CT molecular complexity index is 1040. The lowest BCUT2D eigenvalue weighted by Crippen LogP contribution is -2.36. The number of rotatable bonds is 6. The standard InChI is InChI=1S/C23H24N4O2S/c1-3-29-20(28)15-26-22(21(25-23(26)30)18-11-7-8-14-24-18)19-13-12-16(2)27(19)17-9-5-4-6-10-17/h4-14,21-22H,3,15H2,1-2H3,(H,25,30)/t21-,22+/m1/s1. The van der Waals surface area contributed by atoms with Gasteiger partial charge in [-0.3, -0.25) is 9.78 Å². The molecule has 1 N–H and O–H groups in total.